The van der Waals surface area contributed by atoms with Crippen LogP contribution in [0.5, 0.6) is 0 Å². The molecule has 29 heavy (non-hydrogen) atoms. The van der Waals surface area contributed by atoms with E-state index in [9.17, 15) is 19.2 Å². The predicted molar refractivity (Wildman–Crippen MR) is 104 cm³/mol. The lowest BCUT2D eigenvalue weighted by molar-refractivity contribution is -0.734. The first-order valence-electron chi connectivity index (χ1n) is 9.62. The molecule has 4 rings (SSSR count). The zero-order valence-corrected chi connectivity index (χ0v) is 17.2. The van der Waals surface area contributed by atoms with Crippen LogP contribution in [0.2, 0.25) is 5.02 Å². The van der Waals surface area contributed by atoms with E-state index in [2.05, 4.69) is 5.32 Å². The Morgan fingerprint density at radius 3 is 2.59 bits per heavy atom. The van der Waals surface area contributed by atoms with Gasteiger partial charge in [0.05, 0.1) is 5.69 Å². The molecule has 3 aliphatic rings. The van der Waals surface area contributed by atoms with Crippen LogP contribution in [0.4, 0.5) is 5.69 Å². The Bertz CT molecular complexity index is 956. The van der Waals surface area contributed by atoms with Crippen molar-refractivity contribution in [3.63, 3.8) is 0 Å². The number of benzene rings is 1. The molecule has 8 nitrogen and oxygen atoms in total. The maximum Gasteiger partial charge on any atom is 0.291 e. The third-order valence-corrected chi connectivity index (χ3v) is 6.46. The second kappa shape index (κ2) is 6.27. The molecule has 4 amide bonds. The topological polar surface area (TPSA) is 126 Å². The molecule has 1 spiro atoms. The highest BCUT2D eigenvalue weighted by Gasteiger charge is 2.74. The maximum atomic E-state index is 13.5. The molecular formula is C20H24ClN4O4+. The summed E-state index contributed by atoms with van der Waals surface area (Å²) in [5, 5.41) is 5.06. The molecule has 9 heteroatoms. The quantitative estimate of drug-likeness (QED) is 0.600. The van der Waals surface area contributed by atoms with Crippen molar-refractivity contribution in [2.45, 2.75) is 50.7 Å². The molecular weight excluding hydrogens is 396 g/mol. The van der Waals surface area contributed by atoms with Crippen molar-refractivity contribution < 1.29 is 24.5 Å². The molecule has 4 atom stereocenters. The fourth-order valence-corrected chi connectivity index (χ4v) is 5.34. The number of carbonyl (C=O) groups excluding carboxylic acids is 4. The lowest BCUT2D eigenvalue weighted by Gasteiger charge is -2.33. The van der Waals surface area contributed by atoms with Crippen molar-refractivity contribution >= 4 is 40.9 Å². The number of hydrogen-bond acceptors (Lipinski definition) is 4. The van der Waals surface area contributed by atoms with E-state index >= 15 is 0 Å². The molecule has 5 N–H and O–H groups in total. The Hall–Kier alpha value is -2.45. The maximum absolute atomic E-state index is 13.5. The minimum absolute atomic E-state index is 0.0709. The number of rotatable bonds is 3. The van der Waals surface area contributed by atoms with Gasteiger partial charge in [0.15, 0.2) is 0 Å². The molecule has 2 saturated heterocycles. The zero-order chi connectivity index (χ0) is 21.3. The summed E-state index contributed by atoms with van der Waals surface area (Å²) in [6, 6.07) is 4.62. The van der Waals surface area contributed by atoms with Crippen molar-refractivity contribution in [1.29, 1.82) is 0 Å². The van der Waals surface area contributed by atoms with Gasteiger partial charge in [-0.05, 0) is 39.0 Å². The summed E-state index contributed by atoms with van der Waals surface area (Å²) in [5.41, 5.74) is 4.49. The average molecular weight is 420 g/mol. The van der Waals surface area contributed by atoms with Gasteiger partial charge in [0.1, 0.15) is 17.9 Å². The van der Waals surface area contributed by atoms with Crippen molar-refractivity contribution in [2.24, 2.45) is 17.6 Å². The third-order valence-electron chi connectivity index (χ3n) is 6.23. The molecule has 154 valence electrons. The Morgan fingerprint density at radius 1 is 1.28 bits per heavy atom. The summed E-state index contributed by atoms with van der Waals surface area (Å²) in [6.45, 7) is 5.37. The Morgan fingerprint density at radius 2 is 1.97 bits per heavy atom. The van der Waals surface area contributed by atoms with Gasteiger partial charge in [-0.25, -0.2) is 0 Å². The van der Waals surface area contributed by atoms with Crippen molar-refractivity contribution in [3.05, 3.63) is 28.8 Å². The van der Waals surface area contributed by atoms with Gasteiger partial charge in [-0.1, -0.05) is 11.6 Å². The average Bonchev–Trinajstić information content (AvgIpc) is 3.18. The van der Waals surface area contributed by atoms with E-state index in [1.165, 1.54) is 4.90 Å². The first kappa shape index (κ1) is 19.8. The molecule has 2 fully saturated rings. The van der Waals surface area contributed by atoms with Gasteiger partial charge in [0, 0.05) is 29.0 Å². The van der Waals surface area contributed by atoms with Crippen LogP contribution in [-0.4, -0.2) is 40.1 Å². The second-order valence-corrected chi connectivity index (χ2v) is 9.47. The lowest BCUT2D eigenvalue weighted by atomic mass is 9.76. The fourth-order valence-electron chi connectivity index (χ4n) is 5.17. The second-order valence-electron chi connectivity index (χ2n) is 9.03. The first-order valence-corrected chi connectivity index (χ1v) is 10.00. The van der Waals surface area contributed by atoms with Gasteiger partial charge in [-0.15, -0.1) is 0 Å². The predicted octanol–water partition coefficient (Wildman–Crippen LogP) is 0.0982. The van der Waals surface area contributed by atoms with Crippen LogP contribution in [0.25, 0.3) is 0 Å². The number of amides is 4. The number of primary amides is 1. The van der Waals surface area contributed by atoms with Crippen LogP contribution >= 0.6 is 11.6 Å². The largest absolute Gasteiger partial charge is 0.370 e. The van der Waals surface area contributed by atoms with Crippen molar-refractivity contribution in [3.8, 4) is 0 Å². The molecule has 0 bridgehead atoms. The number of fused-ring (bicyclic) bond motifs is 4. The zero-order valence-electron chi connectivity index (χ0n) is 16.5. The van der Waals surface area contributed by atoms with Gasteiger partial charge in [0.2, 0.25) is 23.3 Å². The molecule has 3 heterocycles. The van der Waals surface area contributed by atoms with Crippen LogP contribution in [0.3, 0.4) is 0 Å². The number of halogens is 1. The molecule has 0 aliphatic carbocycles. The van der Waals surface area contributed by atoms with Crippen LogP contribution in [0, 0.1) is 11.8 Å². The van der Waals surface area contributed by atoms with E-state index in [-0.39, 0.29) is 24.1 Å². The summed E-state index contributed by atoms with van der Waals surface area (Å²) < 4.78 is 0. The molecule has 1 aromatic rings. The SMILES string of the molecule is CC(C)(C)N1C(=O)[C@@H]2[C@H](CCC(N)=O)[NH2+][C@@]3(C(=O)Nc4ccc(Cl)cc43)[C@@H]2C1=O. The summed E-state index contributed by atoms with van der Waals surface area (Å²) in [6.07, 6.45) is 0.375. The summed E-state index contributed by atoms with van der Waals surface area (Å²) in [7, 11) is 0. The number of imide groups is 1. The van der Waals surface area contributed by atoms with Crippen LogP contribution < -0.4 is 16.4 Å². The highest BCUT2D eigenvalue weighted by molar-refractivity contribution is 6.31. The van der Waals surface area contributed by atoms with Gasteiger partial charge in [-0.3, -0.25) is 24.1 Å². The smallest absolute Gasteiger partial charge is 0.291 e. The van der Waals surface area contributed by atoms with Gasteiger partial charge in [-0.2, -0.15) is 0 Å². The molecule has 0 radical (unpaired) electrons. The monoisotopic (exact) mass is 419 g/mol. The van der Waals surface area contributed by atoms with Gasteiger partial charge in [0.25, 0.3) is 5.91 Å². The fraction of sp³-hybridized carbons (Fsp3) is 0.500. The number of hydrogen-bond donors (Lipinski definition) is 3. The summed E-state index contributed by atoms with van der Waals surface area (Å²) >= 11 is 6.20. The highest BCUT2D eigenvalue weighted by Crippen LogP contribution is 2.51. The van der Waals surface area contributed by atoms with Gasteiger partial charge >= 0.3 is 0 Å². The van der Waals surface area contributed by atoms with E-state index in [1.54, 1.807) is 44.3 Å². The molecule has 0 aromatic heterocycles. The standard InChI is InChI=1S/C20H23ClN4O4/c1-19(2,3)25-16(27)14-12(6-7-13(22)26)24-20(15(14)17(25)28)10-8-9(21)4-5-11(10)23-18(20)29/h4-5,8,12,14-15,24H,6-7H2,1-3H3,(H2,22,26)(H,23,29)/p+1/t12-,14+,15-,20+/m0/s1. The summed E-state index contributed by atoms with van der Waals surface area (Å²) in [4.78, 5) is 52.7. The van der Waals surface area contributed by atoms with E-state index < -0.39 is 34.9 Å². The molecule has 3 aliphatic heterocycles. The first-order chi connectivity index (χ1) is 13.5. The summed E-state index contributed by atoms with van der Waals surface area (Å²) in [5.74, 6) is -3.09. The normalized spacial score (nSPS) is 30.7. The van der Waals surface area contributed by atoms with E-state index in [0.717, 1.165) is 0 Å². The Balaban J connectivity index is 1.88. The minimum Gasteiger partial charge on any atom is -0.370 e. The highest BCUT2D eigenvalue weighted by atomic mass is 35.5. The van der Waals surface area contributed by atoms with Crippen LogP contribution in [0.1, 0.15) is 39.2 Å². The number of nitrogens with one attached hydrogen (secondary N) is 1. The van der Waals surface area contributed by atoms with Gasteiger partial charge < -0.3 is 16.4 Å². The lowest BCUT2D eigenvalue weighted by Crippen LogP contribution is -2.99. The van der Waals surface area contributed by atoms with Crippen LogP contribution in [-0.2, 0) is 24.7 Å². The van der Waals surface area contributed by atoms with E-state index in [4.69, 9.17) is 17.3 Å². The number of carbonyl (C=O) groups is 4. The van der Waals surface area contributed by atoms with Crippen molar-refractivity contribution in [1.82, 2.24) is 4.90 Å². The third kappa shape index (κ3) is 2.69. The number of nitrogens with two attached hydrogens (primary N) is 2. The number of nitrogens with zero attached hydrogens (tertiary/aromatic N) is 1. The molecule has 1 aromatic carbocycles. The molecule has 0 saturated carbocycles. The Kier molecular flexibility index (Phi) is 4.29. The number of quaternary nitrogens is 1. The number of anilines is 1. The van der Waals surface area contributed by atoms with E-state index in [0.29, 0.717) is 22.7 Å². The van der Waals surface area contributed by atoms with E-state index in [1.807, 2.05) is 0 Å². The molecule has 0 unspecified atom stereocenters. The number of likely N-dealkylation sites (tertiary alicyclic amines) is 1. The minimum atomic E-state index is -1.29. The van der Waals surface area contributed by atoms with Crippen molar-refractivity contribution in [2.75, 3.05) is 5.32 Å². The van der Waals surface area contributed by atoms with Crippen LogP contribution in [0.15, 0.2) is 18.2 Å². The Labute approximate surface area is 173 Å².